The first-order chi connectivity index (χ1) is 11.1. The van der Waals surface area contributed by atoms with Crippen molar-refractivity contribution < 1.29 is 19.4 Å². The number of carbonyl (C=O) groups is 2. The molecular weight excluding hydrogens is 300 g/mol. The van der Waals surface area contributed by atoms with Crippen LogP contribution in [-0.2, 0) is 17.8 Å². The van der Waals surface area contributed by atoms with Gasteiger partial charge in [-0.25, -0.2) is 14.6 Å². The predicted molar refractivity (Wildman–Crippen MR) is 81.3 cm³/mol. The summed E-state index contributed by atoms with van der Waals surface area (Å²) in [6, 6.07) is 5.41. The largest absolute Gasteiger partial charge is 0.497 e. The van der Waals surface area contributed by atoms with Crippen LogP contribution in [-0.4, -0.2) is 45.1 Å². The Morgan fingerprint density at radius 1 is 1.39 bits per heavy atom. The van der Waals surface area contributed by atoms with Gasteiger partial charge in [-0.3, -0.25) is 0 Å². The van der Waals surface area contributed by atoms with Crippen LogP contribution in [0.2, 0.25) is 0 Å². The number of ether oxygens (including phenoxy) is 1. The van der Waals surface area contributed by atoms with Crippen molar-refractivity contribution in [3.05, 3.63) is 42.0 Å². The van der Waals surface area contributed by atoms with E-state index in [-0.39, 0.29) is 13.0 Å². The highest BCUT2D eigenvalue weighted by atomic mass is 16.5. The van der Waals surface area contributed by atoms with E-state index >= 15 is 0 Å². The van der Waals surface area contributed by atoms with Gasteiger partial charge in [-0.2, -0.15) is 0 Å². The van der Waals surface area contributed by atoms with Gasteiger partial charge >= 0.3 is 12.0 Å². The highest BCUT2D eigenvalue weighted by Gasteiger charge is 2.36. The number of aromatic nitrogens is 2. The quantitative estimate of drug-likeness (QED) is 0.794. The maximum absolute atomic E-state index is 12.5. The Labute approximate surface area is 132 Å². The highest BCUT2D eigenvalue weighted by Crippen LogP contribution is 2.22. The lowest BCUT2D eigenvalue weighted by atomic mass is 10.0. The van der Waals surface area contributed by atoms with Crippen molar-refractivity contribution in [2.24, 2.45) is 0 Å². The van der Waals surface area contributed by atoms with Gasteiger partial charge in [-0.15, -0.1) is 0 Å². The minimum absolute atomic E-state index is 0.175. The van der Waals surface area contributed by atoms with E-state index in [1.165, 1.54) is 11.2 Å². The molecule has 0 bridgehead atoms. The van der Waals surface area contributed by atoms with Crippen LogP contribution < -0.4 is 10.1 Å². The van der Waals surface area contributed by atoms with Crippen LogP contribution in [0.1, 0.15) is 11.4 Å². The van der Waals surface area contributed by atoms with E-state index in [4.69, 9.17) is 4.74 Å². The Morgan fingerprint density at radius 3 is 2.78 bits per heavy atom. The molecule has 0 saturated heterocycles. The highest BCUT2D eigenvalue weighted by molar-refractivity contribution is 5.92. The third-order valence-electron chi connectivity index (χ3n) is 3.79. The molecule has 8 heteroatoms. The topological polar surface area (TPSA) is 108 Å². The lowest BCUT2D eigenvalue weighted by Crippen LogP contribution is -2.50. The van der Waals surface area contributed by atoms with Crippen LogP contribution in [0.25, 0.3) is 0 Å². The molecule has 120 valence electrons. The van der Waals surface area contributed by atoms with Gasteiger partial charge in [-0.1, -0.05) is 0 Å². The zero-order valence-electron chi connectivity index (χ0n) is 12.4. The minimum Gasteiger partial charge on any atom is -0.497 e. The third-order valence-corrected chi connectivity index (χ3v) is 3.79. The second-order valence-corrected chi connectivity index (χ2v) is 5.17. The maximum Gasteiger partial charge on any atom is 0.326 e. The molecule has 0 aliphatic carbocycles. The fourth-order valence-electron chi connectivity index (χ4n) is 2.54. The minimum atomic E-state index is -1.05. The zero-order valence-corrected chi connectivity index (χ0v) is 12.4. The second-order valence-electron chi connectivity index (χ2n) is 5.17. The SMILES string of the molecule is COc1ccc(NC(=O)N2Cc3[nH]cnc3CC2C(=O)O)cc1. The van der Waals surface area contributed by atoms with Crippen molar-refractivity contribution in [2.45, 2.75) is 19.0 Å². The average molecular weight is 316 g/mol. The van der Waals surface area contributed by atoms with Crippen LogP contribution in [0, 0.1) is 0 Å². The first-order valence-corrected chi connectivity index (χ1v) is 7.04. The molecule has 1 unspecified atom stereocenters. The number of carbonyl (C=O) groups excluding carboxylic acids is 1. The molecule has 3 N–H and O–H groups in total. The van der Waals surface area contributed by atoms with Gasteiger partial charge in [0.2, 0.25) is 0 Å². The number of aliphatic carboxylic acids is 1. The second kappa shape index (κ2) is 5.99. The summed E-state index contributed by atoms with van der Waals surface area (Å²) in [7, 11) is 1.56. The van der Waals surface area contributed by atoms with Gasteiger partial charge in [0, 0.05) is 12.1 Å². The van der Waals surface area contributed by atoms with Gasteiger partial charge in [-0.05, 0) is 24.3 Å². The molecule has 3 rings (SSSR count). The summed E-state index contributed by atoms with van der Waals surface area (Å²) in [5, 5.41) is 12.1. The van der Waals surface area contributed by atoms with E-state index in [9.17, 15) is 14.7 Å². The average Bonchev–Trinajstić information content (AvgIpc) is 3.01. The number of nitrogens with zero attached hydrogens (tertiary/aromatic N) is 2. The number of fused-ring (bicyclic) bond motifs is 1. The van der Waals surface area contributed by atoms with E-state index in [0.717, 1.165) is 5.69 Å². The van der Waals surface area contributed by atoms with Gasteiger partial charge in [0.05, 0.1) is 31.4 Å². The molecule has 23 heavy (non-hydrogen) atoms. The number of hydrogen-bond donors (Lipinski definition) is 3. The number of amides is 2. The lowest BCUT2D eigenvalue weighted by molar-refractivity contribution is -0.142. The number of carboxylic acid groups (broad SMARTS) is 1. The lowest BCUT2D eigenvalue weighted by Gasteiger charge is -2.32. The number of benzene rings is 1. The molecule has 2 aromatic rings. The van der Waals surface area contributed by atoms with Crippen molar-refractivity contribution in [3.8, 4) is 5.75 Å². The molecule has 1 aromatic carbocycles. The van der Waals surface area contributed by atoms with Gasteiger partial charge < -0.3 is 25.0 Å². The molecule has 0 fully saturated rings. The van der Waals surface area contributed by atoms with E-state index in [2.05, 4.69) is 15.3 Å². The Bertz CT molecular complexity index is 725. The molecule has 0 saturated carbocycles. The number of rotatable bonds is 3. The maximum atomic E-state index is 12.5. The third kappa shape index (κ3) is 2.96. The van der Waals surface area contributed by atoms with Crippen LogP contribution in [0.4, 0.5) is 10.5 Å². The molecule has 1 aromatic heterocycles. The summed E-state index contributed by atoms with van der Waals surface area (Å²) in [5.74, 6) is -0.380. The summed E-state index contributed by atoms with van der Waals surface area (Å²) in [6.45, 7) is 0.175. The molecule has 2 heterocycles. The van der Waals surface area contributed by atoms with E-state index < -0.39 is 18.0 Å². The number of urea groups is 1. The van der Waals surface area contributed by atoms with Crippen molar-refractivity contribution >= 4 is 17.7 Å². The first kappa shape index (κ1) is 14.9. The number of carboxylic acids is 1. The normalized spacial score (nSPS) is 16.6. The molecule has 8 nitrogen and oxygen atoms in total. The molecule has 0 spiro atoms. The van der Waals surface area contributed by atoms with Crippen LogP contribution in [0.3, 0.4) is 0 Å². The summed E-state index contributed by atoms with van der Waals surface area (Å²) in [6.07, 6.45) is 1.69. The molecule has 1 aliphatic heterocycles. The number of methoxy groups -OCH3 is 1. The smallest absolute Gasteiger partial charge is 0.326 e. The monoisotopic (exact) mass is 316 g/mol. The van der Waals surface area contributed by atoms with E-state index in [1.807, 2.05) is 0 Å². The number of nitrogens with one attached hydrogen (secondary N) is 2. The standard InChI is InChI=1S/C15H16N4O4/c1-23-10-4-2-9(3-5-10)18-15(22)19-7-12-11(16-8-17-12)6-13(19)14(20)21/h2-5,8,13H,6-7H2,1H3,(H,16,17)(H,18,22)(H,20,21). The fourth-order valence-corrected chi connectivity index (χ4v) is 2.54. The number of imidazole rings is 1. The van der Waals surface area contributed by atoms with Crippen molar-refractivity contribution in [2.75, 3.05) is 12.4 Å². The molecule has 1 aliphatic rings. The number of anilines is 1. The molecular formula is C15H16N4O4. The Kier molecular flexibility index (Phi) is 3.88. The van der Waals surface area contributed by atoms with Gasteiger partial charge in [0.1, 0.15) is 11.8 Å². The zero-order chi connectivity index (χ0) is 16.4. The van der Waals surface area contributed by atoms with Gasteiger partial charge in [0.25, 0.3) is 0 Å². The van der Waals surface area contributed by atoms with Crippen molar-refractivity contribution in [1.82, 2.24) is 14.9 Å². The van der Waals surface area contributed by atoms with Crippen LogP contribution >= 0.6 is 0 Å². The van der Waals surface area contributed by atoms with Crippen LogP contribution in [0.5, 0.6) is 5.75 Å². The van der Waals surface area contributed by atoms with Crippen molar-refractivity contribution in [1.29, 1.82) is 0 Å². The molecule has 1 atom stereocenters. The Morgan fingerprint density at radius 2 is 2.13 bits per heavy atom. The number of hydrogen-bond acceptors (Lipinski definition) is 4. The summed E-state index contributed by atoms with van der Waals surface area (Å²) in [5.41, 5.74) is 2.01. The number of aromatic amines is 1. The van der Waals surface area contributed by atoms with E-state index in [0.29, 0.717) is 17.1 Å². The fraction of sp³-hybridized carbons (Fsp3) is 0.267. The molecule has 2 amide bonds. The summed E-state index contributed by atoms with van der Waals surface area (Å²) in [4.78, 5) is 32.2. The number of H-pyrrole nitrogens is 1. The van der Waals surface area contributed by atoms with Crippen LogP contribution in [0.15, 0.2) is 30.6 Å². The first-order valence-electron chi connectivity index (χ1n) is 7.04. The Hall–Kier alpha value is -3.03. The summed E-state index contributed by atoms with van der Waals surface area (Å²) >= 11 is 0. The predicted octanol–water partition coefficient (Wildman–Crippen LogP) is 1.46. The van der Waals surface area contributed by atoms with E-state index in [1.54, 1.807) is 31.4 Å². The summed E-state index contributed by atoms with van der Waals surface area (Å²) < 4.78 is 5.06. The van der Waals surface area contributed by atoms with Crippen molar-refractivity contribution in [3.63, 3.8) is 0 Å². The molecule has 0 radical (unpaired) electrons. The van der Waals surface area contributed by atoms with Gasteiger partial charge in [0.15, 0.2) is 0 Å². The Balaban J connectivity index is 1.77.